The summed E-state index contributed by atoms with van der Waals surface area (Å²) in [5.41, 5.74) is 3.67. The van der Waals surface area contributed by atoms with Crippen LogP contribution in [0, 0.1) is 0 Å². The topological polar surface area (TPSA) is 30.5 Å². The Bertz CT molecular complexity index is 803. The second-order valence-electron chi connectivity index (χ2n) is 6.19. The second-order valence-corrected chi connectivity index (χ2v) is 6.19. The molecule has 3 rings (SSSR count). The number of nitrogens with one attached hydrogen (secondary N) is 1. The molecule has 0 aromatic heterocycles. The van der Waals surface area contributed by atoms with Crippen molar-refractivity contribution in [3.05, 3.63) is 95.6 Å². The van der Waals surface area contributed by atoms with Crippen molar-refractivity contribution in [2.45, 2.75) is 19.0 Å². The lowest BCUT2D eigenvalue weighted by Gasteiger charge is -2.21. The van der Waals surface area contributed by atoms with Crippen LogP contribution < -0.4 is 14.8 Å². The predicted octanol–water partition coefficient (Wildman–Crippen LogP) is 4.78. The molecular weight excluding hydrogens is 322 g/mol. The highest BCUT2D eigenvalue weighted by Gasteiger charge is 2.14. The predicted molar refractivity (Wildman–Crippen MR) is 106 cm³/mol. The molecule has 3 nitrogen and oxygen atoms in total. The highest BCUT2D eigenvalue weighted by Crippen LogP contribution is 2.31. The molecule has 1 N–H and O–H groups in total. The van der Waals surface area contributed by atoms with E-state index in [9.17, 15) is 0 Å². The number of hydrogen-bond donors (Lipinski definition) is 1. The SMILES string of the molecule is COc1cccc(CN[C@@H](Cc2ccccc2)c2ccccc2)c1OC. The molecule has 3 aromatic rings. The maximum absolute atomic E-state index is 5.56. The van der Waals surface area contributed by atoms with Crippen molar-refractivity contribution >= 4 is 0 Å². The van der Waals surface area contributed by atoms with E-state index in [0.29, 0.717) is 6.54 Å². The van der Waals surface area contributed by atoms with Gasteiger partial charge in [0.15, 0.2) is 11.5 Å². The molecule has 0 unspecified atom stereocenters. The summed E-state index contributed by atoms with van der Waals surface area (Å²) in [6.45, 7) is 0.701. The summed E-state index contributed by atoms with van der Waals surface area (Å²) in [5, 5.41) is 3.69. The molecule has 3 aromatic carbocycles. The maximum Gasteiger partial charge on any atom is 0.165 e. The van der Waals surface area contributed by atoms with Crippen LogP contribution in [0.15, 0.2) is 78.9 Å². The van der Waals surface area contributed by atoms with Gasteiger partial charge in [0.2, 0.25) is 0 Å². The molecule has 0 fully saturated rings. The lowest BCUT2D eigenvalue weighted by atomic mass is 9.98. The van der Waals surface area contributed by atoms with E-state index in [1.54, 1.807) is 14.2 Å². The number of hydrogen-bond acceptors (Lipinski definition) is 3. The van der Waals surface area contributed by atoms with Gasteiger partial charge in [-0.3, -0.25) is 0 Å². The highest BCUT2D eigenvalue weighted by molar-refractivity contribution is 5.46. The van der Waals surface area contributed by atoms with E-state index in [2.05, 4.69) is 66.0 Å². The third kappa shape index (κ3) is 4.44. The third-order valence-corrected chi connectivity index (χ3v) is 4.51. The summed E-state index contributed by atoms with van der Waals surface area (Å²) in [7, 11) is 3.34. The van der Waals surface area contributed by atoms with Crippen molar-refractivity contribution in [2.24, 2.45) is 0 Å². The van der Waals surface area contributed by atoms with Crippen molar-refractivity contribution < 1.29 is 9.47 Å². The smallest absolute Gasteiger partial charge is 0.165 e. The Kier molecular flexibility index (Phi) is 6.29. The van der Waals surface area contributed by atoms with Gasteiger partial charge in [-0.05, 0) is 23.6 Å². The van der Waals surface area contributed by atoms with Gasteiger partial charge in [-0.1, -0.05) is 72.8 Å². The second kappa shape index (κ2) is 9.07. The van der Waals surface area contributed by atoms with Crippen LogP contribution in [0.1, 0.15) is 22.7 Å². The Morgan fingerprint density at radius 2 is 1.46 bits per heavy atom. The Balaban J connectivity index is 1.80. The van der Waals surface area contributed by atoms with E-state index in [1.807, 2.05) is 18.2 Å². The van der Waals surface area contributed by atoms with Gasteiger partial charge in [0.25, 0.3) is 0 Å². The molecule has 0 saturated carbocycles. The van der Waals surface area contributed by atoms with Crippen LogP contribution in [-0.4, -0.2) is 14.2 Å². The zero-order valence-electron chi connectivity index (χ0n) is 15.3. The fraction of sp³-hybridized carbons (Fsp3) is 0.217. The number of methoxy groups -OCH3 is 2. The zero-order valence-corrected chi connectivity index (χ0v) is 15.3. The van der Waals surface area contributed by atoms with E-state index in [1.165, 1.54) is 11.1 Å². The van der Waals surface area contributed by atoms with Crippen LogP contribution in [0.25, 0.3) is 0 Å². The van der Waals surface area contributed by atoms with Crippen LogP contribution in [0.2, 0.25) is 0 Å². The van der Waals surface area contributed by atoms with Crippen LogP contribution in [0.4, 0.5) is 0 Å². The Morgan fingerprint density at radius 1 is 0.769 bits per heavy atom. The summed E-state index contributed by atoms with van der Waals surface area (Å²) in [6.07, 6.45) is 0.928. The van der Waals surface area contributed by atoms with Gasteiger partial charge in [-0.25, -0.2) is 0 Å². The number of rotatable bonds is 8. The standard InChI is InChI=1S/C23H25NO2/c1-25-22-15-9-14-20(23(22)26-2)17-24-21(19-12-7-4-8-13-19)16-18-10-5-3-6-11-18/h3-15,21,24H,16-17H2,1-2H3/t21-/m0/s1. The molecule has 0 saturated heterocycles. The highest BCUT2D eigenvalue weighted by atomic mass is 16.5. The number of benzene rings is 3. The normalized spacial score (nSPS) is 11.8. The molecule has 0 radical (unpaired) electrons. The minimum atomic E-state index is 0.217. The molecule has 134 valence electrons. The van der Waals surface area contributed by atoms with Crippen molar-refractivity contribution in [1.29, 1.82) is 0 Å². The van der Waals surface area contributed by atoms with E-state index in [-0.39, 0.29) is 6.04 Å². The maximum atomic E-state index is 5.56. The Morgan fingerprint density at radius 3 is 2.12 bits per heavy atom. The Labute approximate surface area is 155 Å². The average Bonchev–Trinajstić information content (AvgIpc) is 2.72. The van der Waals surface area contributed by atoms with Crippen molar-refractivity contribution in [3.63, 3.8) is 0 Å². The van der Waals surface area contributed by atoms with Crippen molar-refractivity contribution in [1.82, 2.24) is 5.32 Å². The molecule has 3 heteroatoms. The molecule has 1 atom stereocenters. The number of ether oxygens (including phenoxy) is 2. The van der Waals surface area contributed by atoms with E-state index >= 15 is 0 Å². The average molecular weight is 347 g/mol. The summed E-state index contributed by atoms with van der Waals surface area (Å²) < 4.78 is 11.0. The van der Waals surface area contributed by atoms with Gasteiger partial charge in [0.1, 0.15) is 0 Å². The molecule has 26 heavy (non-hydrogen) atoms. The Hall–Kier alpha value is -2.78. The molecular formula is C23H25NO2. The van der Waals surface area contributed by atoms with Crippen LogP contribution in [-0.2, 0) is 13.0 Å². The summed E-state index contributed by atoms with van der Waals surface area (Å²) >= 11 is 0. The molecule has 0 bridgehead atoms. The first kappa shape index (κ1) is 18.0. The van der Waals surface area contributed by atoms with Crippen molar-refractivity contribution in [3.8, 4) is 11.5 Å². The van der Waals surface area contributed by atoms with Gasteiger partial charge in [0.05, 0.1) is 14.2 Å². The van der Waals surface area contributed by atoms with Crippen LogP contribution in [0.3, 0.4) is 0 Å². The molecule has 0 aliphatic carbocycles. The fourth-order valence-corrected chi connectivity index (χ4v) is 3.17. The molecule has 0 spiro atoms. The van der Waals surface area contributed by atoms with Gasteiger partial charge < -0.3 is 14.8 Å². The fourth-order valence-electron chi connectivity index (χ4n) is 3.17. The van der Waals surface area contributed by atoms with E-state index < -0.39 is 0 Å². The van der Waals surface area contributed by atoms with Gasteiger partial charge in [-0.15, -0.1) is 0 Å². The monoisotopic (exact) mass is 347 g/mol. The van der Waals surface area contributed by atoms with Crippen LogP contribution >= 0.6 is 0 Å². The third-order valence-electron chi connectivity index (χ3n) is 4.51. The molecule has 0 heterocycles. The molecule has 0 amide bonds. The lowest BCUT2D eigenvalue weighted by Crippen LogP contribution is -2.23. The zero-order chi connectivity index (χ0) is 18.2. The summed E-state index contributed by atoms with van der Waals surface area (Å²) in [4.78, 5) is 0. The van der Waals surface area contributed by atoms with E-state index in [4.69, 9.17) is 9.47 Å². The van der Waals surface area contributed by atoms with Gasteiger partial charge in [-0.2, -0.15) is 0 Å². The largest absolute Gasteiger partial charge is 0.493 e. The van der Waals surface area contributed by atoms with Crippen molar-refractivity contribution in [2.75, 3.05) is 14.2 Å². The van der Waals surface area contributed by atoms with Crippen LogP contribution in [0.5, 0.6) is 11.5 Å². The summed E-state index contributed by atoms with van der Waals surface area (Å²) in [5.74, 6) is 1.54. The minimum absolute atomic E-state index is 0.217. The van der Waals surface area contributed by atoms with E-state index in [0.717, 1.165) is 23.5 Å². The first-order valence-corrected chi connectivity index (χ1v) is 8.84. The minimum Gasteiger partial charge on any atom is -0.493 e. The summed E-state index contributed by atoms with van der Waals surface area (Å²) in [6, 6.07) is 27.3. The van der Waals surface area contributed by atoms with Gasteiger partial charge in [0, 0.05) is 18.2 Å². The number of para-hydroxylation sites is 1. The molecule has 0 aliphatic rings. The first-order chi connectivity index (χ1) is 12.8. The molecule has 0 aliphatic heterocycles. The quantitative estimate of drug-likeness (QED) is 0.636. The van der Waals surface area contributed by atoms with Gasteiger partial charge >= 0.3 is 0 Å². The lowest BCUT2D eigenvalue weighted by molar-refractivity contribution is 0.349. The first-order valence-electron chi connectivity index (χ1n) is 8.84.